The molecule has 0 aliphatic rings. The summed E-state index contributed by atoms with van der Waals surface area (Å²) in [6.45, 7) is 1.88. The predicted molar refractivity (Wildman–Crippen MR) is 89.9 cm³/mol. The maximum Gasteiger partial charge on any atom is 0.266 e. The number of para-hydroxylation sites is 1. The van der Waals surface area contributed by atoms with Crippen LogP contribution in [0.1, 0.15) is 11.1 Å². The summed E-state index contributed by atoms with van der Waals surface area (Å²) >= 11 is 11.9. The number of aryl methyl sites for hydroxylation is 1. The van der Waals surface area contributed by atoms with Gasteiger partial charge in [-0.3, -0.25) is 4.79 Å². The van der Waals surface area contributed by atoms with E-state index in [0.29, 0.717) is 21.3 Å². The maximum absolute atomic E-state index is 12.2. The molecule has 22 heavy (non-hydrogen) atoms. The van der Waals surface area contributed by atoms with Crippen LogP contribution in [0.25, 0.3) is 6.08 Å². The highest BCUT2D eigenvalue weighted by Gasteiger charge is 2.11. The van der Waals surface area contributed by atoms with Crippen molar-refractivity contribution in [3.05, 3.63) is 69.2 Å². The number of hydrogen-bond donors (Lipinski definition) is 1. The van der Waals surface area contributed by atoms with E-state index >= 15 is 0 Å². The normalized spacial score (nSPS) is 10.9. The Morgan fingerprint density at radius 1 is 1.23 bits per heavy atom. The van der Waals surface area contributed by atoms with Crippen LogP contribution < -0.4 is 5.32 Å². The summed E-state index contributed by atoms with van der Waals surface area (Å²) in [5.74, 6) is -0.484. The van der Waals surface area contributed by atoms with Crippen molar-refractivity contribution in [2.24, 2.45) is 0 Å². The van der Waals surface area contributed by atoms with Crippen LogP contribution in [0.5, 0.6) is 0 Å². The summed E-state index contributed by atoms with van der Waals surface area (Å²) in [7, 11) is 0. The van der Waals surface area contributed by atoms with Gasteiger partial charge in [0.1, 0.15) is 11.6 Å². The molecule has 2 rings (SSSR count). The van der Waals surface area contributed by atoms with E-state index in [-0.39, 0.29) is 5.57 Å². The van der Waals surface area contributed by atoms with E-state index in [1.54, 1.807) is 24.3 Å². The maximum atomic E-state index is 12.2. The molecule has 0 saturated carbocycles. The fourth-order valence-corrected chi connectivity index (χ4v) is 2.29. The van der Waals surface area contributed by atoms with Gasteiger partial charge < -0.3 is 5.32 Å². The van der Waals surface area contributed by atoms with Crippen LogP contribution >= 0.6 is 23.2 Å². The number of hydrogen-bond acceptors (Lipinski definition) is 2. The molecule has 0 atom stereocenters. The second kappa shape index (κ2) is 7.13. The van der Waals surface area contributed by atoms with Gasteiger partial charge in [-0.15, -0.1) is 0 Å². The molecule has 0 heterocycles. The molecule has 0 unspecified atom stereocenters. The van der Waals surface area contributed by atoms with Crippen molar-refractivity contribution in [2.75, 3.05) is 5.32 Å². The summed E-state index contributed by atoms with van der Waals surface area (Å²) < 4.78 is 0. The lowest BCUT2D eigenvalue weighted by Crippen LogP contribution is -2.14. The molecule has 3 nitrogen and oxygen atoms in total. The highest BCUT2D eigenvalue weighted by Crippen LogP contribution is 2.23. The average molecular weight is 331 g/mol. The summed E-state index contributed by atoms with van der Waals surface area (Å²) in [6, 6.07) is 14.1. The second-order valence-electron chi connectivity index (χ2n) is 4.60. The molecule has 0 fully saturated rings. The summed E-state index contributed by atoms with van der Waals surface area (Å²) in [5, 5.41) is 12.8. The van der Waals surface area contributed by atoms with Gasteiger partial charge in [-0.2, -0.15) is 5.26 Å². The van der Waals surface area contributed by atoms with E-state index in [4.69, 9.17) is 23.2 Å². The molecule has 0 saturated heterocycles. The molecule has 2 aromatic carbocycles. The predicted octanol–water partition coefficient (Wildman–Crippen LogP) is 4.85. The molecule has 5 heteroatoms. The Labute approximate surface area is 138 Å². The molecular formula is C17H12Cl2N2O. The van der Waals surface area contributed by atoms with Crippen LogP contribution in [0.3, 0.4) is 0 Å². The number of nitrogens with one attached hydrogen (secondary N) is 1. The number of nitrogens with zero attached hydrogens (tertiary/aromatic N) is 1. The van der Waals surface area contributed by atoms with E-state index in [1.165, 1.54) is 6.08 Å². The van der Waals surface area contributed by atoms with Crippen molar-refractivity contribution in [3.8, 4) is 6.07 Å². The number of rotatable bonds is 3. The zero-order chi connectivity index (χ0) is 16.1. The van der Waals surface area contributed by atoms with E-state index in [0.717, 1.165) is 5.56 Å². The van der Waals surface area contributed by atoms with Crippen molar-refractivity contribution < 1.29 is 4.79 Å². The van der Waals surface area contributed by atoms with E-state index in [9.17, 15) is 10.1 Å². The lowest BCUT2D eigenvalue weighted by atomic mass is 10.1. The third-order valence-corrected chi connectivity index (χ3v) is 3.58. The smallest absolute Gasteiger partial charge is 0.266 e. The fourth-order valence-electron chi connectivity index (χ4n) is 1.83. The Kier molecular flexibility index (Phi) is 5.21. The second-order valence-corrected chi connectivity index (χ2v) is 5.45. The van der Waals surface area contributed by atoms with E-state index < -0.39 is 5.91 Å². The highest BCUT2D eigenvalue weighted by atomic mass is 35.5. The van der Waals surface area contributed by atoms with Crippen LogP contribution in [0.4, 0.5) is 5.69 Å². The Bertz CT molecular complexity index is 791. The van der Waals surface area contributed by atoms with Crippen LogP contribution in [-0.4, -0.2) is 5.91 Å². The zero-order valence-electron chi connectivity index (χ0n) is 11.7. The van der Waals surface area contributed by atoms with Crippen LogP contribution in [-0.2, 0) is 4.79 Å². The van der Waals surface area contributed by atoms with Crippen LogP contribution in [0.15, 0.2) is 48.0 Å². The summed E-state index contributed by atoms with van der Waals surface area (Å²) in [6.07, 6.45) is 1.44. The molecule has 110 valence electrons. The highest BCUT2D eigenvalue weighted by molar-refractivity contribution is 6.35. The minimum atomic E-state index is -0.484. The van der Waals surface area contributed by atoms with Crippen molar-refractivity contribution in [3.63, 3.8) is 0 Å². The van der Waals surface area contributed by atoms with Gasteiger partial charge in [-0.1, -0.05) is 47.5 Å². The molecule has 0 radical (unpaired) electrons. The molecule has 0 aliphatic heterocycles. The van der Waals surface area contributed by atoms with Gasteiger partial charge in [-0.25, -0.2) is 0 Å². The minimum absolute atomic E-state index is 0.0347. The molecule has 1 amide bonds. The molecule has 0 spiro atoms. The number of carbonyl (C=O) groups excluding carboxylic acids is 1. The first-order valence-electron chi connectivity index (χ1n) is 6.45. The van der Waals surface area contributed by atoms with Gasteiger partial charge in [0.25, 0.3) is 5.91 Å². The van der Waals surface area contributed by atoms with Crippen molar-refractivity contribution in [1.29, 1.82) is 5.26 Å². The molecule has 0 aromatic heterocycles. The van der Waals surface area contributed by atoms with E-state index in [1.807, 2.05) is 31.2 Å². The van der Waals surface area contributed by atoms with Crippen molar-refractivity contribution >= 4 is 40.9 Å². The minimum Gasteiger partial charge on any atom is -0.321 e. The molecule has 2 aromatic rings. The van der Waals surface area contributed by atoms with Gasteiger partial charge in [-0.05, 0) is 42.3 Å². The largest absolute Gasteiger partial charge is 0.321 e. The van der Waals surface area contributed by atoms with Gasteiger partial charge in [0.15, 0.2) is 0 Å². The molecule has 0 aliphatic carbocycles. The van der Waals surface area contributed by atoms with Crippen molar-refractivity contribution in [1.82, 2.24) is 0 Å². The molecular weight excluding hydrogens is 319 g/mol. The molecule has 0 bridgehead atoms. The Balaban J connectivity index is 2.28. The first-order chi connectivity index (χ1) is 10.5. The Hall–Kier alpha value is -2.28. The number of anilines is 1. The lowest BCUT2D eigenvalue weighted by Gasteiger charge is -2.07. The fraction of sp³-hybridized carbons (Fsp3) is 0.0588. The number of amides is 1. The molecule has 1 N–H and O–H groups in total. The Morgan fingerprint density at radius 2 is 1.95 bits per heavy atom. The number of benzene rings is 2. The lowest BCUT2D eigenvalue weighted by molar-refractivity contribution is -0.112. The van der Waals surface area contributed by atoms with Gasteiger partial charge in [0, 0.05) is 15.7 Å². The number of carbonyl (C=O) groups is 1. The monoisotopic (exact) mass is 330 g/mol. The number of nitriles is 1. The number of halogens is 2. The van der Waals surface area contributed by atoms with E-state index in [2.05, 4.69) is 5.32 Å². The van der Waals surface area contributed by atoms with Crippen LogP contribution in [0.2, 0.25) is 10.0 Å². The van der Waals surface area contributed by atoms with Gasteiger partial charge in [0.05, 0.1) is 0 Å². The zero-order valence-corrected chi connectivity index (χ0v) is 13.2. The average Bonchev–Trinajstić information content (AvgIpc) is 2.49. The van der Waals surface area contributed by atoms with Crippen LogP contribution in [0, 0.1) is 18.3 Å². The van der Waals surface area contributed by atoms with Crippen molar-refractivity contribution in [2.45, 2.75) is 6.92 Å². The standard InChI is InChI=1S/C17H12Cl2N2O/c1-11-4-2-3-5-16(11)21-17(22)13(10-20)8-12-6-7-14(18)9-15(12)19/h2-9H,1H3,(H,21,22)/b13-8-. The topological polar surface area (TPSA) is 52.9 Å². The first-order valence-corrected chi connectivity index (χ1v) is 7.20. The van der Waals surface area contributed by atoms with Gasteiger partial charge in [0.2, 0.25) is 0 Å². The quantitative estimate of drug-likeness (QED) is 0.646. The first kappa shape index (κ1) is 16.1. The third-order valence-electron chi connectivity index (χ3n) is 3.02. The summed E-state index contributed by atoms with van der Waals surface area (Å²) in [5.41, 5.74) is 2.10. The SMILES string of the molecule is Cc1ccccc1NC(=O)/C(C#N)=C\c1ccc(Cl)cc1Cl. The van der Waals surface area contributed by atoms with Gasteiger partial charge >= 0.3 is 0 Å². The summed E-state index contributed by atoms with van der Waals surface area (Å²) in [4.78, 5) is 12.2. The third kappa shape index (κ3) is 3.88. The Morgan fingerprint density at radius 3 is 2.59 bits per heavy atom.